The summed E-state index contributed by atoms with van der Waals surface area (Å²) in [5.41, 5.74) is 4.78. The number of aromatic nitrogens is 4. The molecule has 0 amide bonds. The molecule has 4 heterocycles. The van der Waals surface area contributed by atoms with Crippen LogP contribution in [0.3, 0.4) is 0 Å². The van der Waals surface area contributed by atoms with Crippen molar-refractivity contribution in [3.63, 3.8) is 0 Å². The smallest absolute Gasteiger partial charge is 0.332 e. The van der Waals surface area contributed by atoms with E-state index < -0.39 is 23.6 Å². The zero-order valence-electron chi connectivity index (χ0n) is 17.7. The second-order valence-electron chi connectivity index (χ2n) is 7.40. The molecule has 0 aliphatic rings. The van der Waals surface area contributed by atoms with Crippen LogP contribution in [0, 0.1) is 6.92 Å². The topological polar surface area (TPSA) is 122 Å². The van der Waals surface area contributed by atoms with E-state index in [0.29, 0.717) is 16.6 Å². The van der Waals surface area contributed by atoms with E-state index in [-0.39, 0.29) is 23.5 Å². The lowest BCUT2D eigenvalue weighted by molar-refractivity contribution is 0.0968. The molecule has 9 nitrogen and oxygen atoms in total. The predicted octanol–water partition coefficient (Wildman–Crippen LogP) is 2.23. The molecule has 0 radical (unpaired) electrons. The largest absolute Gasteiger partial charge is 0.384 e. The molecule has 2 N–H and O–H groups in total. The fourth-order valence-corrected chi connectivity index (χ4v) is 5.42. The average molecular weight is 472 g/mol. The number of anilines is 1. The molecule has 32 heavy (non-hydrogen) atoms. The minimum atomic E-state index is -0.780. The van der Waals surface area contributed by atoms with Crippen molar-refractivity contribution in [3.8, 4) is 10.4 Å². The van der Waals surface area contributed by atoms with Crippen LogP contribution in [0.1, 0.15) is 28.6 Å². The zero-order chi connectivity index (χ0) is 23.2. The van der Waals surface area contributed by atoms with E-state index in [1.807, 2.05) is 31.4 Å². The molecule has 166 valence electrons. The average Bonchev–Trinajstić information content (AvgIpc) is 3.38. The van der Waals surface area contributed by atoms with Crippen LogP contribution in [0.4, 0.5) is 5.82 Å². The molecule has 0 saturated carbocycles. The molecule has 0 fully saturated rings. The van der Waals surface area contributed by atoms with E-state index in [2.05, 4.69) is 4.98 Å². The summed E-state index contributed by atoms with van der Waals surface area (Å²) < 4.78 is 3.24. The number of fused-ring (bicyclic) bond motifs is 1. The number of nitrogens with two attached hydrogens (primary N) is 1. The number of ketones is 1. The molecule has 0 spiro atoms. The van der Waals surface area contributed by atoms with E-state index in [1.165, 1.54) is 33.8 Å². The van der Waals surface area contributed by atoms with Gasteiger partial charge >= 0.3 is 5.69 Å². The Balaban J connectivity index is 1.81. The first-order valence-electron chi connectivity index (χ1n) is 9.90. The van der Waals surface area contributed by atoms with Crippen LogP contribution in [0.25, 0.3) is 20.7 Å². The Morgan fingerprint density at radius 3 is 2.59 bits per heavy atom. The second kappa shape index (κ2) is 8.32. The highest BCUT2D eigenvalue weighted by Gasteiger charge is 2.23. The standard InChI is InChI=1S/C21H21N5O4S2/c1-4-7-26-17(22)16(19(28)24(3)21(26)30)13(27)8-25-10-23-18-15(20(25)29)12(9-31-18)14-6-5-11(2)32-14/h5-6,9-10H,4,7-8,22H2,1-3H3. The van der Waals surface area contributed by atoms with Crippen LogP contribution < -0.4 is 22.5 Å². The first kappa shape index (κ1) is 21.9. The van der Waals surface area contributed by atoms with Crippen LogP contribution in [0.5, 0.6) is 0 Å². The Morgan fingerprint density at radius 1 is 1.19 bits per heavy atom. The third kappa shape index (κ3) is 3.53. The van der Waals surface area contributed by atoms with Gasteiger partial charge in [-0.25, -0.2) is 9.78 Å². The minimum absolute atomic E-state index is 0.183. The molecule has 4 aromatic heterocycles. The first-order chi connectivity index (χ1) is 15.2. The van der Waals surface area contributed by atoms with Gasteiger partial charge in [0, 0.05) is 34.3 Å². The number of nitrogen functional groups attached to an aromatic ring is 1. The monoisotopic (exact) mass is 471 g/mol. The van der Waals surface area contributed by atoms with Gasteiger partial charge in [-0.1, -0.05) is 6.92 Å². The van der Waals surface area contributed by atoms with Gasteiger partial charge in [-0.3, -0.25) is 28.1 Å². The summed E-state index contributed by atoms with van der Waals surface area (Å²) in [4.78, 5) is 58.3. The molecule has 0 unspecified atom stereocenters. The molecule has 0 aliphatic carbocycles. The lowest BCUT2D eigenvalue weighted by Gasteiger charge is -2.14. The van der Waals surface area contributed by atoms with Crippen LogP contribution in [0.2, 0.25) is 0 Å². The van der Waals surface area contributed by atoms with Crippen molar-refractivity contribution < 1.29 is 4.79 Å². The zero-order valence-corrected chi connectivity index (χ0v) is 19.4. The van der Waals surface area contributed by atoms with E-state index in [4.69, 9.17) is 5.73 Å². The molecule has 4 aromatic rings. The van der Waals surface area contributed by atoms with Gasteiger partial charge in [-0.15, -0.1) is 22.7 Å². The van der Waals surface area contributed by atoms with E-state index >= 15 is 0 Å². The van der Waals surface area contributed by atoms with E-state index in [1.54, 1.807) is 11.3 Å². The highest BCUT2D eigenvalue weighted by Crippen LogP contribution is 2.34. The summed E-state index contributed by atoms with van der Waals surface area (Å²) in [5, 5.41) is 2.31. The lowest BCUT2D eigenvalue weighted by atomic mass is 10.1. The van der Waals surface area contributed by atoms with Crippen LogP contribution >= 0.6 is 22.7 Å². The number of carbonyl (C=O) groups excluding carboxylic acids is 1. The number of carbonyl (C=O) groups is 1. The Labute approximate surface area is 190 Å². The van der Waals surface area contributed by atoms with Crippen LogP contribution in [-0.4, -0.2) is 24.5 Å². The van der Waals surface area contributed by atoms with Crippen molar-refractivity contribution in [1.82, 2.24) is 18.7 Å². The van der Waals surface area contributed by atoms with Crippen molar-refractivity contribution in [1.29, 1.82) is 0 Å². The first-order valence-corrected chi connectivity index (χ1v) is 11.6. The van der Waals surface area contributed by atoms with Gasteiger partial charge < -0.3 is 5.73 Å². The van der Waals surface area contributed by atoms with Gasteiger partial charge in [0.2, 0.25) is 0 Å². The van der Waals surface area contributed by atoms with Gasteiger partial charge in [0.05, 0.1) is 18.3 Å². The number of thiophene rings is 2. The number of aryl methyl sites for hydroxylation is 1. The fourth-order valence-electron chi connectivity index (χ4n) is 3.56. The van der Waals surface area contributed by atoms with Crippen molar-refractivity contribution >= 4 is 44.5 Å². The molecule has 0 bridgehead atoms. The molecule has 0 aromatic carbocycles. The number of Topliss-reactive ketones (excluding diaryl/α,β-unsaturated/α-hetero) is 1. The third-order valence-electron chi connectivity index (χ3n) is 5.19. The van der Waals surface area contributed by atoms with Gasteiger partial charge in [-0.05, 0) is 25.5 Å². The summed E-state index contributed by atoms with van der Waals surface area (Å²) in [6.07, 6.45) is 1.89. The maximum Gasteiger partial charge on any atom is 0.332 e. The molecule has 0 saturated heterocycles. The van der Waals surface area contributed by atoms with Crippen molar-refractivity contribution in [2.75, 3.05) is 5.73 Å². The minimum Gasteiger partial charge on any atom is -0.384 e. The van der Waals surface area contributed by atoms with Gasteiger partial charge in [0.1, 0.15) is 16.2 Å². The number of hydrogen-bond acceptors (Lipinski definition) is 8. The van der Waals surface area contributed by atoms with Crippen molar-refractivity contribution in [2.45, 2.75) is 33.4 Å². The molecule has 0 aliphatic heterocycles. The predicted molar refractivity (Wildman–Crippen MR) is 127 cm³/mol. The molecular formula is C21H21N5O4S2. The highest BCUT2D eigenvalue weighted by molar-refractivity contribution is 7.19. The normalized spacial score (nSPS) is 11.3. The quantitative estimate of drug-likeness (QED) is 0.430. The van der Waals surface area contributed by atoms with Crippen molar-refractivity contribution in [3.05, 3.63) is 65.5 Å². The Kier molecular flexibility index (Phi) is 5.70. The molecule has 11 heteroatoms. The number of rotatable bonds is 6. The SMILES string of the molecule is CCCn1c(N)c(C(=O)Cn2cnc3scc(-c4ccc(C)s4)c3c2=O)c(=O)n(C)c1=O. The van der Waals surface area contributed by atoms with E-state index in [9.17, 15) is 19.2 Å². The molecule has 4 rings (SSSR count). The maximum absolute atomic E-state index is 13.2. The Bertz CT molecular complexity index is 1540. The Morgan fingerprint density at radius 2 is 1.94 bits per heavy atom. The summed E-state index contributed by atoms with van der Waals surface area (Å²) >= 11 is 2.93. The van der Waals surface area contributed by atoms with Gasteiger partial charge in [-0.2, -0.15) is 0 Å². The summed E-state index contributed by atoms with van der Waals surface area (Å²) in [6, 6.07) is 3.93. The summed E-state index contributed by atoms with van der Waals surface area (Å²) in [6.45, 7) is 3.70. The molecule has 0 atom stereocenters. The van der Waals surface area contributed by atoms with Crippen LogP contribution in [0.15, 0.2) is 38.2 Å². The third-order valence-corrected chi connectivity index (χ3v) is 7.11. The maximum atomic E-state index is 13.2. The van der Waals surface area contributed by atoms with E-state index in [0.717, 1.165) is 19.9 Å². The number of nitrogens with zero attached hydrogens (tertiary/aromatic N) is 4. The lowest BCUT2D eigenvalue weighted by Crippen LogP contribution is -2.43. The molecular weight excluding hydrogens is 450 g/mol. The number of hydrogen-bond donors (Lipinski definition) is 1. The van der Waals surface area contributed by atoms with Crippen molar-refractivity contribution in [2.24, 2.45) is 7.05 Å². The fraction of sp³-hybridized carbons (Fsp3) is 0.286. The van der Waals surface area contributed by atoms with Gasteiger partial charge in [0.15, 0.2) is 5.78 Å². The highest BCUT2D eigenvalue weighted by atomic mass is 32.1. The Hall–Kier alpha value is -3.31. The second-order valence-corrected chi connectivity index (χ2v) is 9.55. The van der Waals surface area contributed by atoms with Crippen LogP contribution in [-0.2, 0) is 20.1 Å². The summed E-state index contributed by atoms with van der Waals surface area (Å²) in [5.74, 6) is -0.836. The summed E-state index contributed by atoms with van der Waals surface area (Å²) in [7, 11) is 1.30. The van der Waals surface area contributed by atoms with Gasteiger partial charge in [0.25, 0.3) is 11.1 Å².